The summed E-state index contributed by atoms with van der Waals surface area (Å²) in [5, 5.41) is 0. The number of rotatable bonds is 2. The van der Waals surface area contributed by atoms with Gasteiger partial charge in [0.15, 0.2) is 0 Å². The fraction of sp³-hybridized carbons (Fsp3) is 0. The van der Waals surface area contributed by atoms with Crippen molar-refractivity contribution in [3.8, 4) is 22.4 Å². The number of aromatic nitrogens is 1. The lowest BCUT2D eigenvalue weighted by atomic mass is 10.0. The van der Waals surface area contributed by atoms with Crippen molar-refractivity contribution >= 4 is 5.69 Å². The van der Waals surface area contributed by atoms with Crippen LogP contribution in [0.5, 0.6) is 0 Å². The first kappa shape index (κ1) is 11.5. The zero-order valence-corrected chi connectivity index (χ0v) is 10.5. The summed E-state index contributed by atoms with van der Waals surface area (Å²) in [5.41, 5.74) is 10.9. The highest BCUT2D eigenvalue weighted by atomic mass is 14.7. The standard InChI is InChI=1S/C17H14N2/c18-16-7-4-12-19-17(16)15-10-8-14(9-11-15)13-5-2-1-3-6-13/h1-12H,18H2. The number of nitrogens with two attached hydrogens (primary N) is 1. The molecule has 2 N–H and O–H groups in total. The molecule has 3 aromatic rings. The fourth-order valence-electron chi connectivity index (χ4n) is 2.11. The van der Waals surface area contributed by atoms with Gasteiger partial charge in [-0.1, -0.05) is 54.6 Å². The van der Waals surface area contributed by atoms with Crippen LogP contribution in [-0.2, 0) is 0 Å². The third-order valence-electron chi connectivity index (χ3n) is 3.10. The summed E-state index contributed by atoms with van der Waals surface area (Å²) in [4.78, 5) is 4.33. The molecule has 0 fully saturated rings. The summed E-state index contributed by atoms with van der Waals surface area (Å²) in [6.07, 6.45) is 1.76. The van der Waals surface area contributed by atoms with Crippen LogP contribution in [0.3, 0.4) is 0 Å². The minimum absolute atomic E-state index is 0.704. The van der Waals surface area contributed by atoms with Crippen LogP contribution in [0.4, 0.5) is 5.69 Å². The zero-order chi connectivity index (χ0) is 13.1. The van der Waals surface area contributed by atoms with Gasteiger partial charge in [-0.05, 0) is 23.3 Å². The predicted molar refractivity (Wildman–Crippen MR) is 79.5 cm³/mol. The summed E-state index contributed by atoms with van der Waals surface area (Å²) >= 11 is 0. The Hall–Kier alpha value is -2.61. The van der Waals surface area contributed by atoms with Crippen molar-refractivity contribution in [1.29, 1.82) is 0 Å². The quantitative estimate of drug-likeness (QED) is 0.742. The molecule has 0 unspecified atom stereocenters. The first-order valence-corrected chi connectivity index (χ1v) is 6.21. The second-order valence-corrected chi connectivity index (χ2v) is 4.38. The van der Waals surface area contributed by atoms with E-state index < -0.39 is 0 Å². The number of anilines is 1. The summed E-state index contributed by atoms with van der Waals surface area (Å²) in [7, 11) is 0. The number of hydrogen-bond acceptors (Lipinski definition) is 2. The van der Waals surface area contributed by atoms with E-state index in [2.05, 4.69) is 41.4 Å². The first-order chi connectivity index (χ1) is 9.34. The molecule has 3 rings (SSSR count). The molecular formula is C17H14N2. The van der Waals surface area contributed by atoms with E-state index in [9.17, 15) is 0 Å². The number of pyridine rings is 1. The van der Waals surface area contributed by atoms with E-state index in [4.69, 9.17) is 5.73 Å². The Labute approximate surface area is 112 Å². The van der Waals surface area contributed by atoms with Crippen molar-refractivity contribution in [3.05, 3.63) is 72.9 Å². The molecule has 92 valence electrons. The monoisotopic (exact) mass is 246 g/mol. The van der Waals surface area contributed by atoms with Crippen molar-refractivity contribution in [3.63, 3.8) is 0 Å². The lowest BCUT2D eigenvalue weighted by molar-refractivity contribution is 1.33. The number of nitrogens with zero attached hydrogens (tertiary/aromatic N) is 1. The van der Waals surface area contributed by atoms with Crippen LogP contribution < -0.4 is 5.73 Å². The van der Waals surface area contributed by atoms with Gasteiger partial charge in [0.05, 0.1) is 11.4 Å². The van der Waals surface area contributed by atoms with Crippen molar-refractivity contribution < 1.29 is 0 Å². The van der Waals surface area contributed by atoms with Gasteiger partial charge in [0.1, 0.15) is 0 Å². The van der Waals surface area contributed by atoms with E-state index in [-0.39, 0.29) is 0 Å². The Balaban J connectivity index is 1.98. The fourth-order valence-corrected chi connectivity index (χ4v) is 2.11. The predicted octanol–water partition coefficient (Wildman–Crippen LogP) is 4.00. The van der Waals surface area contributed by atoms with Gasteiger partial charge in [-0.25, -0.2) is 0 Å². The van der Waals surface area contributed by atoms with Gasteiger partial charge in [-0.2, -0.15) is 0 Å². The molecule has 2 aromatic carbocycles. The van der Waals surface area contributed by atoms with E-state index in [1.54, 1.807) is 6.20 Å². The van der Waals surface area contributed by atoms with E-state index >= 15 is 0 Å². The smallest absolute Gasteiger partial charge is 0.0931 e. The molecule has 2 heteroatoms. The molecule has 0 atom stereocenters. The topological polar surface area (TPSA) is 38.9 Å². The van der Waals surface area contributed by atoms with Crippen LogP contribution in [0.15, 0.2) is 72.9 Å². The normalized spacial score (nSPS) is 10.3. The SMILES string of the molecule is Nc1cccnc1-c1ccc(-c2ccccc2)cc1. The molecule has 1 aromatic heterocycles. The van der Waals surface area contributed by atoms with E-state index in [0.717, 1.165) is 11.3 Å². The molecule has 0 aliphatic rings. The van der Waals surface area contributed by atoms with Gasteiger partial charge in [0, 0.05) is 11.8 Å². The van der Waals surface area contributed by atoms with Crippen molar-refractivity contribution in [2.45, 2.75) is 0 Å². The Kier molecular flexibility index (Phi) is 2.99. The number of hydrogen-bond donors (Lipinski definition) is 1. The van der Waals surface area contributed by atoms with Gasteiger partial charge in [0.25, 0.3) is 0 Å². The summed E-state index contributed by atoms with van der Waals surface area (Å²) in [5.74, 6) is 0. The van der Waals surface area contributed by atoms with Crippen LogP contribution in [0, 0.1) is 0 Å². The maximum atomic E-state index is 5.94. The van der Waals surface area contributed by atoms with E-state index in [0.29, 0.717) is 5.69 Å². The molecule has 0 bridgehead atoms. The number of benzene rings is 2. The largest absolute Gasteiger partial charge is 0.397 e. The number of nitrogen functional groups attached to an aromatic ring is 1. The van der Waals surface area contributed by atoms with Crippen LogP contribution in [0.25, 0.3) is 22.4 Å². The maximum absolute atomic E-state index is 5.94. The Morgan fingerprint density at radius 1 is 0.632 bits per heavy atom. The third kappa shape index (κ3) is 2.33. The van der Waals surface area contributed by atoms with Crippen molar-refractivity contribution in [2.75, 3.05) is 5.73 Å². The van der Waals surface area contributed by atoms with Gasteiger partial charge >= 0.3 is 0 Å². The van der Waals surface area contributed by atoms with E-state index in [1.165, 1.54) is 11.1 Å². The summed E-state index contributed by atoms with van der Waals surface area (Å²) in [6.45, 7) is 0. The molecule has 0 amide bonds. The molecule has 0 saturated carbocycles. The molecule has 19 heavy (non-hydrogen) atoms. The highest BCUT2D eigenvalue weighted by molar-refractivity contribution is 5.75. The van der Waals surface area contributed by atoms with Crippen LogP contribution in [-0.4, -0.2) is 4.98 Å². The van der Waals surface area contributed by atoms with Crippen LogP contribution >= 0.6 is 0 Å². The summed E-state index contributed by atoms with van der Waals surface area (Å²) in [6, 6.07) is 22.3. The van der Waals surface area contributed by atoms with Crippen LogP contribution in [0.1, 0.15) is 0 Å². The van der Waals surface area contributed by atoms with Gasteiger partial charge in [-0.15, -0.1) is 0 Å². The van der Waals surface area contributed by atoms with E-state index in [1.807, 2.05) is 30.3 Å². The molecule has 0 aliphatic heterocycles. The lowest BCUT2D eigenvalue weighted by Gasteiger charge is -2.06. The van der Waals surface area contributed by atoms with Gasteiger partial charge in [-0.3, -0.25) is 4.98 Å². The Morgan fingerprint density at radius 3 is 1.95 bits per heavy atom. The van der Waals surface area contributed by atoms with Crippen LogP contribution in [0.2, 0.25) is 0 Å². The Morgan fingerprint density at radius 2 is 1.26 bits per heavy atom. The second-order valence-electron chi connectivity index (χ2n) is 4.38. The average molecular weight is 246 g/mol. The molecule has 0 saturated heterocycles. The maximum Gasteiger partial charge on any atom is 0.0931 e. The zero-order valence-electron chi connectivity index (χ0n) is 10.5. The minimum Gasteiger partial charge on any atom is -0.397 e. The molecule has 0 radical (unpaired) electrons. The van der Waals surface area contributed by atoms with Crippen molar-refractivity contribution in [2.24, 2.45) is 0 Å². The van der Waals surface area contributed by atoms with Crippen molar-refractivity contribution in [1.82, 2.24) is 4.98 Å². The highest BCUT2D eigenvalue weighted by Crippen LogP contribution is 2.26. The first-order valence-electron chi connectivity index (χ1n) is 6.21. The third-order valence-corrected chi connectivity index (χ3v) is 3.10. The van der Waals surface area contributed by atoms with Gasteiger partial charge in [0.2, 0.25) is 0 Å². The minimum atomic E-state index is 0.704. The lowest BCUT2D eigenvalue weighted by Crippen LogP contribution is -1.92. The molecule has 0 aliphatic carbocycles. The Bertz CT molecular complexity index is 673. The molecule has 0 spiro atoms. The van der Waals surface area contributed by atoms with Gasteiger partial charge < -0.3 is 5.73 Å². The molecule has 1 heterocycles. The highest BCUT2D eigenvalue weighted by Gasteiger charge is 2.03. The molecular weight excluding hydrogens is 232 g/mol. The molecule has 2 nitrogen and oxygen atoms in total. The average Bonchev–Trinajstić information content (AvgIpc) is 2.49. The summed E-state index contributed by atoms with van der Waals surface area (Å²) < 4.78 is 0. The second kappa shape index (κ2) is 4.94.